The number of carbonyl (C=O) groups is 1. The number of anilines is 1. The minimum Gasteiger partial charge on any atom is -0.365 e. The zero-order valence-corrected chi connectivity index (χ0v) is 21.6. The molecule has 4 heterocycles. The molecule has 0 bridgehead atoms. The first-order valence-corrected chi connectivity index (χ1v) is 13.6. The van der Waals surface area contributed by atoms with Crippen LogP contribution < -0.4 is 16.2 Å². The maximum Gasteiger partial charge on any atom is 0.251 e. The van der Waals surface area contributed by atoms with Crippen molar-refractivity contribution in [2.75, 3.05) is 25.5 Å². The Hall–Kier alpha value is -2.71. The Balaban J connectivity index is 1.47. The van der Waals surface area contributed by atoms with Crippen LogP contribution in [0.2, 0.25) is 0 Å². The van der Waals surface area contributed by atoms with E-state index in [4.69, 9.17) is 4.98 Å². The van der Waals surface area contributed by atoms with Gasteiger partial charge in [-0.25, -0.2) is 4.98 Å². The van der Waals surface area contributed by atoms with E-state index in [1.54, 1.807) is 11.3 Å². The quantitative estimate of drug-likeness (QED) is 0.489. The molecule has 0 unspecified atom stereocenters. The second-order valence-corrected chi connectivity index (χ2v) is 11.2. The number of likely N-dealkylation sites (tertiary alicyclic amines) is 1. The van der Waals surface area contributed by atoms with Gasteiger partial charge in [0.05, 0.1) is 11.4 Å². The molecule has 186 valence electrons. The molecule has 3 aromatic rings. The van der Waals surface area contributed by atoms with Crippen molar-refractivity contribution >= 4 is 34.0 Å². The van der Waals surface area contributed by atoms with Crippen LogP contribution in [0.4, 0.5) is 5.82 Å². The number of nitrogens with zero attached hydrogens (tertiary/aromatic N) is 2. The zero-order valence-electron chi connectivity index (χ0n) is 20.8. The molecule has 0 aromatic carbocycles. The summed E-state index contributed by atoms with van der Waals surface area (Å²) in [5.74, 6) is 0.587. The number of hydrogen-bond donors (Lipinski definition) is 3. The Morgan fingerprint density at radius 1 is 1.17 bits per heavy atom. The fraction of sp³-hybridized carbons (Fsp3) is 0.519. The van der Waals surface area contributed by atoms with E-state index in [9.17, 15) is 9.59 Å². The Morgan fingerprint density at radius 3 is 2.71 bits per heavy atom. The smallest absolute Gasteiger partial charge is 0.251 e. The van der Waals surface area contributed by atoms with Gasteiger partial charge in [-0.05, 0) is 69.8 Å². The highest BCUT2D eigenvalue weighted by molar-refractivity contribution is 7.13. The van der Waals surface area contributed by atoms with Crippen LogP contribution in [0.3, 0.4) is 0 Å². The van der Waals surface area contributed by atoms with E-state index in [2.05, 4.69) is 45.9 Å². The van der Waals surface area contributed by atoms with Crippen LogP contribution in [0.25, 0.3) is 21.3 Å². The Morgan fingerprint density at radius 2 is 1.97 bits per heavy atom. The first-order valence-electron chi connectivity index (χ1n) is 12.7. The van der Waals surface area contributed by atoms with Gasteiger partial charge in [0.25, 0.3) is 5.56 Å². The monoisotopic (exact) mass is 493 g/mol. The molecule has 35 heavy (non-hydrogen) atoms. The normalized spacial score (nSPS) is 21.8. The van der Waals surface area contributed by atoms with E-state index in [0.29, 0.717) is 23.4 Å². The number of H-pyrrole nitrogens is 1. The molecule has 1 aliphatic heterocycles. The molecule has 1 saturated heterocycles. The summed E-state index contributed by atoms with van der Waals surface area (Å²) in [5, 5.41) is 9.96. The average Bonchev–Trinajstić information content (AvgIpc) is 3.27. The summed E-state index contributed by atoms with van der Waals surface area (Å²) in [6.07, 6.45) is 8.52. The number of aryl methyl sites for hydroxylation is 2. The molecule has 3 aromatic heterocycles. The number of hydrogen-bond acceptors (Lipinski definition) is 6. The van der Waals surface area contributed by atoms with E-state index >= 15 is 0 Å². The largest absolute Gasteiger partial charge is 0.365 e. The first-order chi connectivity index (χ1) is 16.9. The van der Waals surface area contributed by atoms with Crippen LogP contribution in [0.5, 0.6) is 0 Å². The van der Waals surface area contributed by atoms with Crippen molar-refractivity contribution in [2.24, 2.45) is 5.92 Å². The van der Waals surface area contributed by atoms with Crippen molar-refractivity contribution in [3.63, 3.8) is 0 Å². The first kappa shape index (κ1) is 24.0. The molecule has 2 atom stereocenters. The van der Waals surface area contributed by atoms with Gasteiger partial charge in [-0.1, -0.05) is 19.3 Å². The summed E-state index contributed by atoms with van der Waals surface area (Å²) < 4.78 is 0. The highest BCUT2D eigenvalue weighted by atomic mass is 32.1. The van der Waals surface area contributed by atoms with Gasteiger partial charge >= 0.3 is 0 Å². The molecule has 2 aliphatic rings. The molecule has 8 heteroatoms. The van der Waals surface area contributed by atoms with E-state index < -0.39 is 0 Å². The van der Waals surface area contributed by atoms with Gasteiger partial charge in [-0.2, -0.15) is 0 Å². The van der Waals surface area contributed by atoms with Crippen LogP contribution in [0, 0.1) is 19.8 Å². The SMILES string of the molecule is Cc1ccsc1-c1cnc(N[C@@H]2CCN(C)C[C@H]2C(=O)NC2CCCCC2)c2[nH]c(=O)c(C)cc12. The third-order valence-corrected chi connectivity index (χ3v) is 8.66. The number of fused-ring (bicyclic) bond motifs is 1. The highest BCUT2D eigenvalue weighted by Gasteiger charge is 2.35. The van der Waals surface area contributed by atoms with Crippen molar-refractivity contribution in [1.29, 1.82) is 0 Å². The fourth-order valence-electron chi connectivity index (χ4n) is 5.52. The van der Waals surface area contributed by atoms with Crippen molar-refractivity contribution < 1.29 is 4.79 Å². The maximum absolute atomic E-state index is 13.4. The molecule has 3 N–H and O–H groups in total. The summed E-state index contributed by atoms with van der Waals surface area (Å²) in [6, 6.07) is 4.29. The number of thiophene rings is 1. The summed E-state index contributed by atoms with van der Waals surface area (Å²) in [5.41, 5.74) is 3.48. The van der Waals surface area contributed by atoms with Crippen molar-refractivity contribution in [1.82, 2.24) is 20.2 Å². The number of piperidine rings is 1. The predicted molar refractivity (Wildman–Crippen MR) is 143 cm³/mol. The molecule has 5 rings (SSSR count). The number of rotatable bonds is 5. The highest BCUT2D eigenvalue weighted by Crippen LogP contribution is 2.36. The van der Waals surface area contributed by atoms with Crippen molar-refractivity contribution in [2.45, 2.75) is 64.5 Å². The van der Waals surface area contributed by atoms with Gasteiger partial charge in [-0.15, -0.1) is 11.3 Å². The van der Waals surface area contributed by atoms with Gasteiger partial charge in [-0.3, -0.25) is 9.59 Å². The summed E-state index contributed by atoms with van der Waals surface area (Å²) in [7, 11) is 2.07. The second kappa shape index (κ2) is 10.1. The van der Waals surface area contributed by atoms with E-state index in [-0.39, 0.29) is 29.5 Å². The molecular weight excluding hydrogens is 458 g/mol. The molecule has 7 nitrogen and oxygen atoms in total. The van der Waals surface area contributed by atoms with Crippen molar-refractivity contribution in [3.8, 4) is 10.4 Å². The molecule has 1 saturated carbocycles. The van der Waals surface area contributed by atoms with Gasteiger partial charge in [0.1, 0.15) is 0 Å². The van der Waals surface area contributed by atoms with E-state index in [0.717, 1.165) is 41.6 Å². The van der Waals surface area contributed by atoms with Crippen LogP contribution in [0.1, 0.15) is 49.7 Å². The third-order valence-electron chi connectivity index (χ3n) is 7.61. The van der Waals surface area contributed by atoms with E-state index in [1.165, 1.54) is 24.8 Å². The standard InChI is InChI=1S/C27H35N5O2S/c1-16-10-12-35-24(16)20-14-28-25(23-19(20)13-17(2)26(33)31-23)30-22-9-11-32(3)15-21(22)27(34)29-18-7-5-4-6-8-18/h10,12-14,18,21-22H,4-9,11,15H2,1-3H3,(H,28,30)(H,29,34)(H,31,33)/t21-,22-/m1/s1. The lowest BCUT2D eigenvalue weighted by Gasteiger charge is -2.37. The molecule has 0 spiro atoms. The van der Waals surface area contributed by atoms with Gasteiger partial charge in [0.2, 0.25) is 5.91 Å². The number of carbonyl (C=O) groups excluding carboxylic acids is 1. The van der Waals surface area contributed by atoms with Crippen LogP contribution >= 0.6 is 11.3 Å². The number of amides is 1. The minimum atomic E-state index is -0.177. The topological polar surface area (TPSA) is 90.1 Å². The lowest BCUT2D eigenvalue weighted by atomic mass is 9.89. The number of pyridine rings is 2. The second-order valence-electron chi connectivity index (χ2n) is 10.3. The van der Waals surface area contributed by atoms with Gasteiger partial charge in [0.15, 0.2) is 5.82 Å². The molecule has 1 amide bonds. The molecule has 1 aliphatic carbocycles. The number of aromatic amines is 1. The van der Waals surface area contributed by atoms with Gasteiger partial charge in [0, 0.05) is 46.2 Å². The summed E-state index contributed by atoms with van der Waals surface area (Å²) in [6.45, 7) is 5.54. The van der Waals surface area contributed by atoms with Crippen LogP contribution in [0.15, 0.2) is 28.5 Å². The summed E-state index contributed by atoms with van der Waals surface area (Å²) in [4.78, 5) is 37.2. The average molecular weight is 494 g/mol. The Kier molecular flexibility index (Phi) is 6.93. The predicted octanol–water partition coefficient (Wildman–Crippen LogP) is 4.45. The Bertz CT molecular complexity index is 1280. The van der Waals surface area contributed by atoms with Crippen LogP contribution in [-0.4, -0.2) is 53.0 Å². The van der Waals surface area contributed by atoms with E-state index in [1.807, 2.05) is 19.2 Å². The number of aromatic nitrogens is 2. The summed E-state index contributed by atoms with van der Waals surface area (Å²) >= 11 is 1.68. The lowest BCUT2D eigenvalue weighted by molar-refractivity contribution is -0.127. The molecular formula is C27H35N5O2S. The minimum absolute atomic E-state index is 0.0513. The fourth-order valence-corrected chi connectivity index (χ4v) is 6.47. The lowest BCUT2D eigenvalue weighted by Crippen LogP contribution is -2.53. The molecule has 2 fully saturated rings. The van der Waals surface area contributed by atoms with Gasteiger partial charge < -0.3 is 20.5 Å². The van der Waals surface area contributed by atoms with Crippen molar-refractivity contribution in [3.05, 3.63) is 45.2 Å². The molecule has 0 radical (unpaired) electrons. The maximum atomic E-state index is 13.4. The zero-order chi connectivity index (χ0) is 24.5. The Labute approximate surface area is 210 Å². The van der Waals surface area contributed by atoms with Crippen LogP contribution in [-0.2, 0) is 4.79 Å². The number of nitrogens with one attached hydrogen (secondary N) is 3. The third kappa shape index (κ3) is 5.00.